The van der Waals surface area contributed by atoms with Gasteiger partial charge in [-0.15, -0.1) is 0 Å². The largest absolute Gasteiger partial charge is 0.465 e. The molecule has 0 unspecified atom stereocenters. The van der Waals surface area contributed by atoms with Gasteiger partial charge in [-0.25, -0.2) is 14.8 Å². The molecule has 0 radical (unpaired) electrons. The van der Waals surface area contributed by atoms with Gasteiger partial charge in [0.2, 0.25) is 0 Å². The van der Waals surface area contributed by atoms with E-state index in [2.05, 4.69) is 41.3 Å². The zero-order valence-electron chi connectivity index (χ0n) is 16.7. The van der Waals surface area contributed by atoms with E-state index in [-0.39, 0.29) is 5.97 Å². The van der Waals surface area contributed by atoms with Crippen molar-refractivity contribution in [3.05, 3.63) is 89.5 Å². The standard InChI is InChI=1S/C25H21N3O2/c1-30-25(29)19-11-12-21-22(15-19)27-24(23(26-21)18-8-3-2-4-9-18)28-14-13-17-7-5-6-10-20(17)16-28/h2-12,15H,13-14,16H2,1H3. The maximum Gasteiger partial charge on any atom is 0.337 e. The SMILES string of the molecule is COC(=O)c1ccc2nc(-c3ccccc3)c(N3CCc4ccccc4C3)nc2c1. The number of carbonyl (C=O) groups excluding carboxylic acids is 1. The molecule has 0 N–H and O–H groups in total. The van der Waals surface area contributed by atoms with Crippen molar-refractivity contribution in [1.82, 2.24) is 9.97 Å². The quantitative estimate of drug-likeness (QED) is 0.473. The molecule has 0 saturated heterocycles. The highest BCUT2D eigenvalue weighted by Crippen LogP contribution is 2.33. The number of hydrogen-bond donors (Lipinski definition) is 0. The predicted molar refractivity (Wildman–Crippen MR) is 118 cm³/mol. The molecule has 1 aliphatic heterocycles. The zero-order chi connectivity index (χ0) is 20.5. The number of ether oxygens (including phenoxy) is 1. The molecule has 0 saturated carbocycles. The van der Waals surface area contributed by atoms with Crippen molar-refractivity contribution < 1.29 is 9.53 Å². The predicted octanol–water partition coefficient (Wildman–Crippen LogP) is 4.65. The number of benzene rings is 3. The zero-order valence-corrected chi connectivity index (χ0v) is 16.7. The van der Waals surface area contributed by atoms with E-state index in [9.17, 15) is 4.79 Å². The molecule has 0 aliphatic carbocycles. The summed E-state index contributed by atoms with van der Waals surface area (Å²) in [6, 6.07) is 24.0. The van der Waals surface area contributed by atoms with Gasteiger partial charge in [0.05, 0.1) is 23.7 Å². The minimum absolute atomic E-state index is 0.376. The molecular weight excluding hydrogens is 374 g/mol. The minimum atomic E-state index is -0.376. The first-order chi connectivity index (χ1) is 14.7. The molecule has 2 heterocycles. The monoisotopic (exact) mass is 395 g/mol. The van der Waals surface area contributed by atoms with E-state index in [1.54, 1.807) is 12.1 Å². The molecule has 0 spiro atoms. The van der Waals surface area contributed by atoms with Gasteiger partial charge in [-0.2, -0.15) is 0 Å². The molecule has 30 heavy (non-hydrogen) atoms. The van der Waals surface area contributed by atoms with Crippen molar-refractivity contribution in [3.63, 3.8) is 0 Å². The van der Waals surface area contributed by atoms with E-state index in [0.29, 0.717) is 11.1 Å². The lowest BCUT2D eigenvalue weighted by molar-refractivity contribution is 0.0601. The number of rotatable bonds is 3. The molecule has 3 aromatic carbocycles. The van der Waals surface area contributed by atoms with Crippen LogP contribution in [0.5, 0.6) is 0 Å². The minimum Gasteiger partial charge on any atom is -0.465 e. The summed E-state index contributed by atoms with van der Waals surface area (Å²) in [4.78, 5) is 24.2. The average molecular weight is 395 g/mol. The summed E-state index contributed by atoms with van der Waals surface area (Å²) in [7, 11) is 1.38. The number of esters is 1. The van der Waals surface area contributed by atoms with Gasteiger partial charge in [-0.05, 0) is 35.7 Å². The number of hydrogen-bond acceptors (Lipinski definition) is 5. The van der Waals surface area contributed by atoms with E-state index in [1.807, 2.05) is 24.3 Å². The molecule has 5 rings (SSSR count). The highest BCUT2D eigenvalue weighted by atomic mass is 16.5. The first-order valence-electron chi connectivity index (χ1n) is 10.0. The molecule has 0 fully saturated rings. The van der Waals surface area contributed by atoms with Crippen LogP contribution in [0, 0.1) is 0 Å². The smallest absolute Gasteiger partial charge is 0.337 e. The van der Waals surface area contributed by atoms with E-state index >= 15 is 0 Å². The van der Waals surface area contributed by atoms with Crippen LogP contribution in [0.4, 0.5) is 5.82 Å². The van der Waals surface area contributed by atoms with Gasteiger partial charge < -0.3 is 9.64 Å². The van der Waals surface area contributed by atoms with Crippen LogP contribution in [0.25, 0.3) is 22.3 Å². The number of aromatic nitrogens is 2. The van der Waals surface area contributed by atoms with Crippen LogP contribution in [0.1, 0.15) is 21.5 Å². The lowest BCUT2D eigenvalue weighted by Gasteiger charge is -2.31. The molecule has 0 atom stereocenters. The molecule has 5 heteroatoms. The summed E-state index contributed by atoms with van der Waals surface area (Å²) in [5.74, 6) is 0.463. The van der Waals surface area contributed by atoms with Crippen LogP contribution in [-0.2, 0) is 17.7 Å². The summed E-state index contributed by atoms with van der Waals surface area (Å²) < 4.78 is 4.87. The summed E-state index contributed by atoms with van der Waals surface area (Å²) >= 11 is 0. The number of fused-ring (bicyclic) bond motifs is 2. The maximum absolute atomic E-state index is 12.0. The molecule has 5 nitrogen and oxygen atoms in total. The van der Waals surface area contributed by atoms with Gasteiger partial charge in [0.1, 0.15) is 5.69 Å². The Kier molecular flexibility index (Phi) is 4.64. The molecule has 148 valence electrons. The van der Waals surface area contributed by atoms with Gasteiger partial charge in [0, 0.05) is 18.7 Å². The van der Waals surface area contributed by atoms with Crippen LogP contribution < -0.4 is 4.90 Å². The van der Waals surface area contributed by atoms with E-state index in [4.69, 9.17) is 14.7 Å². The second-order valence-corrected chi connectivity index (χ2v) is 7.40. The van der Waals surface area contributed by atoms with Crippen LogP contribution in [0.3, 0.4) is 0 Å². The number of carbonyl (C=O) groups is 1. The number of anilines is 1. The molecule has 1 aliphatic rings. The molecule has 0 bridgehead atoms. The fourth-order valence-electron chi connectivity index (χ4n) is 3.98. The third kappa shape index (κ3) is 3.28. The normalized spacial score (nSPS) is 13.2. The Balaban J connectivity index is 1.66. The van der Waals surface area contributed by atoms with Crippen molar-refractivity contribution in [3.8, 4) is 11.3 Å². The summed E-state index contributed by atoms with van der Waals surface area (Å²) in [6.45, 7) is 1.65. The van der Waals surface area contributed by atoms with E-state index < -0.39 is 0 Å². The maximum atomic E-state index is 12.0. The number of nitrogens with zero attached hydrogens (tertiary/aromatic N) is 3. The third-order valence-electron chi connectivity index (χ3n) is 5.54. The highest BCUT2D eigenvalue weighted by Gasteiger charge is 2.22. The Morgan fingerprint density at radius 3 is 2.47 bits per heavy atom. The Bertz CT molecular complexity index is 1240. The Hall–Kier alpha value is -3.73. The molecule has 1 aromatic heterocycles. The van der Waals surface area contributed by atoms with Gasteiger partial charge >= 0.3 is 5.97 Å². The number of methoxy groups -OCH3 is 1. The van der Waals surface area contributed by atoms with Crippen molar-refractivity contribution in [1.29, 1.82) is 0 Å². The molecule has 4 aromatic rings. The van der Waals surface area contributed by atoms with Crippen molar-refractivity contribution in [2.24, 2.45) is 0 Å². The second kappa shape index (κ2) is 7.59. The van der Waals surface area contributed by atoms with Crippen LogP contribution in [0.2, 0.25) is 0 Å². The van der Waals surface area contributed by atoms with Crippen LogP contribution >= 0.6 is 0 Å². The molecular formula is C25H21N3O2. The van der Waals surface area contributed by atoms with Crippen molar-refractivity contribution in [2.45, 2.75) is 13.0 Å². The fraction of sp³-hybridized carbons (Fsp3) is 0.160. The summed E-state index contributed by atoms with van der Waals surface area (Å²) in [5, 5.41) is 0. The molecule has 0 amide bonds. The highest BCUT2D eigenvalue weighted by molar-refractivity contribution is 5.94. The Morgan fingerprint density at radius 2 is 1.67 bits per heavy atom. The van der Waals surface area contributed by atoms with Crippen molar-refractivity contribution >= 4 is 22.8 Å². The third-order valence-corrected chi connectivity index (χ3v) is 5.54. The van der Waals surface area contributed by atoms with Crippen LogP contribution in [-0.4, -0.2) is 29.6 Å². The van der Waals surface area contributed by atoms with Gasteiger partial charge in [-0.1, -0.05) is 54.6 Å². The summed E-state index contributed by atoms with van der Waals surface area (Å²) in [5.41, 5.74) is 6.49. The Labute approximate surface area is 175 Å². The fourth-order valence-corrected chi connectivity index (χ4v) is 3.98. The van der Waals surface area contributed by atoms with Gasteiger partial charge in [0.25, 0.3) is 0 Å². The first kappa shape index (κ1) is 18.3. The van der Waals surface area contributed by atoms with E-state index in [1.165, 1.54) is 18.2 Å². The first-order valence-corrected chi connectivity index (χ1v) is 10.0. The van der Waals surface area contributed by atoms with Gasteiger partial charge in [0.15, 0.2) is 5.82 Å². The second-order valence-electron chi connectivity index (χ2n) is 7.40. The Morgan fingerprint density at radius 1 is 0.900 bits per heavy atom. The lowest BCUT2D eigenvalue weighted by atomic mass is 9.99. The van der Waals surface area contributed by atoms with E-state index in [0.717, 1.165) is 42.1 Å². The van der Waals surface area contributed by atoms with Crippen LogP contribution in [0.15, 0.2) is 72.8 Å². The van der Waals surface area contributed by atoms with Crippen molar-refractivity contribution in [2.75, 3.05) is 18.6 Å². The average Bonchev–Trinajstić information content (AvgIpc) is 2.82. The summed E-state index contributed by atoms with van der Waals surface area (Å²) in [6.07, 6.45) is 0.965. The topological polar surface area (TPSA) is 55.3 Å². The lowest BCUT2D eigenvalue weighted by Crippen LogP contribution is -2.31. The van der Waals surface area contributed by atoms with Gasteiger partial charge in [-0.3, -0.25) is 0 Å².